The highest BCUT2D eigenvalue weighted by Crippen LogP contribution is 2.20. The number of hydrogen-bond donors (Lipinski definition) is 2. The molecule has 1 heterocycles. The highest BCUT2D eigenvalue weighted by Gasteiger charge is 2.23. The van der Waals surface area contributed by atoms with Crippen LogP contribution < -0.4 is 11.1 Å². The average molecular weight is 316 g/mol. The van der Waals surface area contributed by atoms with Crippen molar-refractivity contribution in [3.8, 4) is 0 Å². The van der Waals surface area contributed by atoms with Gasteiger partial charge in [0.1, 0.15) is 0 Å². The summed E-state index contributed by atoms with van der Waals surface area (Å²) in [5.41, 5.74) is 6.50. The first-order valence-corrected chi connectivity index (χ1v) is 8.06. The second-order valence-corrected chi connectivity index (χ2v) is 5.79. The van der Waals surface area contributed by atoms with Gasteiger partial charge in [-0.2, -0.15) is 0 Å². The quantitative estimate of drug-likeness (QED) is 0.789. The number of carbonyl (C=O) groups excluding carboxylic acids is 2. The molecule has 1 unspecified atom stereocenters. The van der Waals surface area contributed by atoms with E-state index in [4.69, 9.17) is 10.5 Å². The molecule has 5 heteroatoms. The van der Waals surface area contributed by atoms with Gasteiger partial charge in [0.05, 0.1) is 0 Å². The highest BCUT2D eigenvalue weighted by atomic mass is 16.5. The van der Waals surface area contributed by atoms with Crippen molar-refractivity contribution >= 4 is 17.9 Å². The molecule has 0 aliphatic carbocycles. The topological polar surface area (TPSA) is 81.4 Å². The summed E-state index contributed by atoms with van der Waals surface area (Å²) < 4.78 is 5.37. The van der Waals surface area contributed by atoms with Crippen LogP contribution in [-0.2, 0) is 9.53 Å². The Bertz CT molecular complexity index is 560. The van der Waals surface area contributed by atoms with E-state index in [9.17, 15) is 9.59 Å². The van der Waals surface area contributed by atoms with Crippen molar-refractivity contribution in [2.24, 2.45) is 11.7 Å². The number of carbonyl (C=O) groups is 2. The molecule has 2 amide bonds. The van der Waals surface area contributed by atoms with Gasteiger partial charge in [0, 0.05) is 30.9 Å². The van der Waals surface area contributed by atoms with Crippen molar-refractivity contribution in [1.82, 2.24) is 5.32 Å². The molecule has 124 valence electrons. The summed E-state index contributed by atoms with van der Waals surface area (Å²) in [6, 6.07) is 7.01. The van der Waals surface area contributed by atoms with Crippen LogP contribution in [0.5, 0.6) is 0 Å². The zero-order valence-electron chi connectivity index (χ0n) is 13.5. The van der Waals surface area contributed by atoms with Crippen LogP contribution in [0.15, 0.2) is 30.3 Å². The Labute approximate surface area is 136 Å². The van der Waals surface area contributed by atoms with E-state index in [1.807, 2.05) is 0 Å². The largest absolute Gasteiger partial charge is 0.381 e. The number of nitrogens with one attached hydrogen (secondary N) is 1. The molecule has 1 aliphatic heterocycles. The Hall–Kier alpha value is -2.14. The van der Waals surface area contributed by atoms with Gasteiger partial charge in [-0.1, -0.05) is 19.1 Å². The Kier molecular flexibility index (Phi) is 6.35. The lowest BCUT2D eigenvalue weighted by molar-refractivity contribution is -0.117. The van der Waals surface area contributed by atoms with Crippen molar-refractivity contribution < 1.29 is 14.3 Å². The van der Waals surface area contributed by atoms with Crippen LogP contribution in [0.3, 0.4) is 0 Å². The fourth-order valence-corrected chi connectivity index (χ4v) is 2.83. The Balaban J connectivity index is 1.90. The molecule has 1 aliphatic rings. The van der Waals surface area contributed by atoms with E-state index >= 15 is 0 Å². The lowest BCUT2D eigenvalue weighted by atomic mass is 9.90. The average Bonchev–Trinajstić information content (AvgIpc) is 2.59. The van der Waals surface area contributed by atoms with E-state index < -0.39 is 5.91 Å². The summed E-state index contributed by atoms with van der Waals surface area (Å²) in [5, 5.41) is 3.08. The maximum atomic E-state index is 12.1. The molecule has 5 nitrogen and oxygen atoms in total. The molecule has 0 bridgehead atoms. The summed E-state index contributed by atoms with van der Waals surface area (Å²) in [5.74, 6) is -0.0659. The molecular weight excluding hydrogens is 292 g/mol. The van der Waals surface area contributed by atoms with Crippen LogP contribution in [0, 0.1) is 5.92 Å². The minimum absolute atomic E-state index is 0.0951. The monoisotopic (exact) mass is 316 g/mol. The van der Waals surface area contributed by atoms with Crippen molar-refractivity contribution in [2.45, 2.75) is 32.2 Å². The van der Waals surface area contributed by atoms with E-state index in [1.54, 1.807) is 30.3 Å². The Morgan fingerprint density at radius 2 is 1.96 bits per heavy atom. The minimum atomic E-state index is -0.458. The summed E-state index contributed by atoms with van der Waals surface area (Å²) in [6.07, 6.45) is 6.17. The van der Waals surface area contributed by atoms with Gasteiger partial charge in [-0.3, -0.25) is 9.59 Å². The van der Waals surface area contributed by atoms with Crippen LogP contribution >= 0.6 is 0 Å². The highest BCUT2D eigenvalue weighted by molar-refractivity contribution is 5.94. The van der Waals surface area contributed by atoms with Gasteiger partial charge in [0.15, 0.2) is 0 Å². The molecule has 1 aromatic rings. The number of nitrogens with two attached hydrogens (primary N) is 1. The SMILES string of the molecule is CCC(NC(=O)C=Cc1ccc(C(N)=O)cc1)C1CCOCC1. The number of hydrogen-bond acceptors (Lipinski definition) is 3. The molecular formula is C18H24N2O3. The van der Waals surface area contributed by atoms with Crippen molar-refractivity contribution in [3.63, 3.8) is 0 Å². The van der Waals surface area contributed by atoms with Crippen molar-refractivity contribution in [2.75, 3.05) is 13.2 Å². The molecule has 23 heavy (non-hydrogen) atoms. The van der Waals surface area contributed by atoms with Gasteiger partial charge < -0.3 is 15.8 Å². The van der Waals surface area contributed by atoms with Crippen LogP contribution in [0.1, 0.15) is 42.1 Å². The molecule has 3 N–H and O–H groups in total. The standard InChI is InChI=1S/C18H24N2O3/c1-2-16(14-9-11-23-12-10-14)20-17(21)8-5-13-3-6-15(7-4-13)18(19)22/h3-8,14,16H,2,9-12H2,1H3,(H2,19,22)(H,20,21). The van der Waals surface area contributed by atoms with Gasteiger partial charge in [0.25, 0.3) is 0 Å². The van der Waals surface area contributed by atoms with Gasteiger partial charge in [-0.25, -0.2) is 0 Å². The second kappa shape index (κ2) is 8.48. The molecule has 1 aromatic carbocycles. The molecule has 1 fully saturated rings. The third-order valence-corrected chi connectivity index (χ3v) is 4.22. The molecule has 2 rings (SSSR count). The van der Waals surface area contributed by atoms with Gasteiger partial charge >= 0.3 is 0 Å². The Morgan fingerprint density at radius 3 is 2.52 bits per heavy atom. The number of rotatable bonds is 6. The lowest BCUT2D eigenvalue weighted by Crippen LogP contribution is -2.41. The molecule has 0 radical (unpaired) electrons. The molecule has 1 saturated heterocycles. The predicted octanol–water partition coefficient (Wildman–Crippen LogP) is 2.12. The van der Waals surface area contributed by atoms with E-state index in [-0.39, 0.29) is 11.9 Å². The second-order valence-electron chi connectivity index (χ2n) is 5.79. The van der Waals surface area contributed by atoms with Crippen LogP contribution in [0.2, 0.25) is 0 Å². The van der Waals surface area contributed by atoms with Gasteiger partial charge in [0.2, 0.25) is 11.8 Å². The first kappa shape index (κ1) is 17.2. The van der Waals surface area contributed by atoms with E-state index in [2.05, 4.69) is 12.2 Å². The summed E-state index contributed by atoms with van der Waals surface area (Å²) in [6.45, 7) is 3.64. The summed E-state index contributed by atoms with van der Waals surface area (Å²) >= 11 is 0. The summed E-state index contributed by atoms with van der Waals surface area (Å²) in [7, 11) is 0. The zero-order valence-corrected chi connectivity index (χ0v) is 13.5. The van der Waals surface area contributed by atoms with E-state index in [0.29, 0.717) is 11.5 Å². The zero-order chi connectivity index (χ0) is 16.7. The fourth-order valence-electron chi connectivity index (χ4n) is 2.83. The van der Waals surface area contributed by atoms with Crippen molar-refractivity contribution in [1.29, 1.82) is 0 Å². The molecule has 1 atom stereocenters. The van der Waals surface area contributed by atoms with Crippen molar-refractivity contribution in [3.05, 3.63) is 41.5 Å². The Morgan fingerprint density at radius 1 is 1.30 bits per heavy atom. The lowest BCUT2D eigenvalue weighted by Gasteiger charge is -2.29. The van der Waals surface area contributed by atoms with Crippen LogP contribution in [0.4, 0.5) is 0 Å². The first-order chi connectivity index (χ1) is 11.1. The van der Waals surface area contributed by atoms with Gasteiger partial charge in [-0.15, -0.1) is 0 Å². The van der Waals surface area contributed by atoms with Crippen LogP contribution in [-0.4, -0.2) is 31.1 Å². The predicted molar refractivity (Wildman–Crippen MR) is 89.8 cm³/mol. The smallest absolute Gasteiger partial charge is 0.248 e. The molecule has 0 aromatic heterocycles. The number of benzene rings is 1. The fraction of sp³-hybridized carbons (Fsp3) is 0.444. The van der Waals surface area contributed by atoms with Crippen LogP contribution in [0.25, 0.3) is 6.08 Å². The van der Waals surface area contributed by atoms with Gasteiger partial charge in [-0.05, 0) is 49.0 Å². The first-order valence-electron chi connectivity index (χ1n) is 8.06. The summed E-state index contributed by atoms with van der Waals surface area (Å²) in [4.78, 5) is 23.1. The third-order valence-electron chi connectivity index (χ3n) is 4.22. The number of primary amides is 1. The number of ether oxygens (including phenoxy) is 1. The maximum absolute atomic E-state index is 12.1. The number of amides is 2. The molecule has 0 spiro atoms. The normalized spacial score (nSPS) is 17.1. The molecule has 0 saturated carbocycles. The van der Waals surface area contributed by atoms with E-state index in [1.165, 1.54) is 6.08 Å². The minimum Gasteiger partial charge on any atom is -0.381 e. The third kappa shape index (κ3) is 5.21. The maximum Gasteiger partial charge on any atom is 0.248 e. The van der Waals surface area contributed by atoms with E-state index in [0.717, 1.165) is 38.0 Å².